The van der Waals surface area contributed by atoms with Crippen molar-refractivity contribution >= 4 is 57.7 Å². The van der Waals surface area contributed by atoms with Crippen molar-refractivity contribution in [3.63, 3.8) is 0 Å². The number of furan rings is 1. The number of amides is 1. The normalized spacial score (nSPS) is 14.8. The number of nitrogens with zero attached hydrogens (tertiary/aromatic N) is 1. The number of Topliss-reactive ketones (excluding diaryl/α,β-unsaturated/α-hetero) is 1. The van der Waals surface area contributed by atoms with Crippen molar-refractivity contribution < 1.29 is 23.9 Å². The molecule has 2 N–H and O–H groups in total. The predicted molar refractivity (Wildman–Crippen MR) is 126 cm³/mol. The van der Waals surface area contributed by atoms with Crippen LogP contribution in [0.25, 0.3) is 17.4 Å². The van der Waals surface area contributed by atoms with Gasteiger partial charge in [-0.25, -0.2) is 9.80 Å². The van der Waals surface area contributed by atoms with Gasteiger partial charge in [0.2, 0.25) is 0 Å². The van der Waals surface area contributed by atoms with Crippen LogP contribution in [0.4, 0.5) is 5.69 Å². The zero-order valence-corrected chi connectivity index (χ0v) is 18.3. The summed E-state index contributed by atoms with van der Waals surface area (Å²) in [5, 5.41) is 10.5. The molecular formula is C23H16N2O5S2. The standard InChI is InChI=1S/C23H16N2O5S2/c1-13(26)14-6-8-15(9-7-14)19-11-10-16(30-19)12-20-21(27)25(23(31)32-20)24-18-5-3-2-4-17(18)22(28)29/h2-12,24H,1H3,(H,28,29). The molecule has 0 bridgehead atoms. The van der Waals surface area contributed by atoms with Crippen LogP contribution in [0.5, 0.6) is 0 Å². The van der Waals surface area contributed by atoms with E-state index in [0.29, 0.717) is 22.0 Å². The van der Waals surface area contributed by atoms with Crippen molar-refractivity contribution in [1.29, 1.82) is 0 Å². The fraction of sp³-hybridized carbons (Fsp3) is 0.0435. The van der Waals surface area contributed by atoms with Crippen LogP contribution >= 0.6 is 24.0 Å². The lowest BCUT2D eigenvalue weighted by molar-refractivity contribution is -0.121. The summed E-state index contributed by atoms with van der Waals surface area (Å²) >= 11 is 6.37. The Hall–Kier alpha value is -3.69. The van der Waals surface area contributed by atoms with Crippen LogP contribution in [0.15, 0.2) is 70.0 Å². The zero-order valence-electron chi connectivity index (χ0n) is 16.7. The number of rotatable bonds is 6. The highest BCUT2D eigenvalue weighted by Gasteiger charge is 2.33. The second-order valence-corrected chi connectivity index (χ2v) is 8.49. The quantitative estimate of drug-likeness (QED) is 0.296. The molecule has 160 valence electrons. The molecule has 3 aromatic rings. The molecule has 0 saturated carbocycles. The average molecular weight is 465 g/mol. The van der Waals surface area contributed by atoms with Gasteiger partial charge in [-0.2, -0.15) is 0 Å². The Kier molecular flexibility index (Phi) is 5.93. The van der Waals surface area contributed by atoms with E-state index >= 15 is 0 Å². The summed E-state index contributed by atoms with van der Waals surface area (Å²) in [6.07, 6.45) is 1.58. The van der Waals surface area contributed by atoms with E-state index in [0.717, 1.165) is 22.3 Å². The maximum atomic E-state index is 12.8. The molecule has 0 unspecified atom stereocenters. The summed E-state index contributed by atoms with van der Waals surface area (Å²) < 4.78 is 6.08. The fourth-order valence-electron chi connectivity index (χ4n) is 3.04. The largest absolute Gasteiger partial charge is 0.478 e. The van der Waals surface area contributed by atoms with Crippen LogP contribution in [0.2, 0.25) is 0 Å². The van der Waals surface area contributed by atoms with E-state index in [4.69, 9.17) is 16.6 Å². The predicted octanol–water partition coefficient (Wildman–Crippen LogP) is 5.08. The average Bonchev–Trinajstić information content (AvgIpc) is 3.34. The number of thioether (sulfide) groups is 1. The second kappa shape index (κ2) is 8.81. The lowest BCUT2D eigenvalue weighted by Crippen LogP contribution is -2.34. The van der Waals surface area contributed by atoms with Crippen molar-refractivity contribution in [2.45, 2.75) is 6.92 Å². The highest BCUT2D eigenvalue weighted by Crippen LogP contribution is 2.34. The number of carbonyl (C=O) groups excluding carboxylic acids is 2. The van der Waals surface area contributed by atoms with Gasteiger partial charge in [-0.3, -0.25) is 15.0 Å². The van der Waals surface area contributed by atoms with E-state index in [1.54, 1.807) is 60.7 Å². The summed E-state index contributed by atoms with van der Waals surface area (Å²) in [6.45, 7) is 1.51. The Labute approximate surface area is 192 Å². The molecule has 2 aromatic carbocycles. The molecule has 32 heavy (non-hydrogen) atoms. The highest BCUT2D eigenvalue weighted by atomic mass is 32.2. The van der Waals surface area contributed by atoms with Gasteiger partial charge in [0, 0.05) is 17.2 Å². The highest BCUT2D eigenvalue weighted by molar-refractivity contribution is 8.26. The van der Waals surface area contributed by atoms with E-state index < -0.39 is 11.9 Å². The molecule has 0 aliphatic carbocycles. The molecule has 1 aliphatic rings. The second-order valence-electron chi connectivity index (χ2n) is 6.82. The molecule has 4 rings (SSSR count). The molecule has 1 saturated heterocycles. The zero-order chi connectivity index (χ0) is 22.8. The molecule has 7 nitrogen and oxygen atoms in total. The van der Waals surface area contributed by atoms with Gasteiger partial charge in [-0.05, 0) is 43.4 Å². The summed E-state index contributed by atoms with van der Waals surface area (Å²) in [6, 6.07) is 16.8. The van der Waals surface area contributed by atoms with Gasteiger partial charge < -0.3 is 9.52 Å². The van der Waals surface area contributed by atoms with E-state index in [-0.39, 0.29) is 21.4 Å². The van der Waals surface area contributed by atoms with Crippen LogP contribution in [0.1, 0.15) is 33.4 Å². The third-order valence-electron chi connectivity index (χ3n) is 4.66. The van der Waals surface area contributed by atoms with E-state index in [2.05, 4.69) is 5.43 Å². The number of anilines is 1. The van der Waals surface area contributed by atoms with Gasteiger partial charge in [0.05, 0.1) is 16.2 Å². The van der Waals surface area contributed by atoms with E-state index in [1.165, 1.54) is 13.0 Å². The number of carbonyl (C=O) groups is 3. The first-order valence-corrected chi connectivity index (χ1v) is 10.6. The molecule has 2 heterocycles. The number of benzene rings is 2. The lowest BCUT2D eigenvalue weighted by Gasteiger charge is -2.18. The number of para-hydroxylation sites is 1. The molecule has 9 heteroatoms. The van der Waals surface area contributed by atoms with Crippen LogP contribution < -0.4 is 5.43 Å². The molecule has 1 amide bonds. The third-order valence-corrected chi connectivity index (χ3v) is 5.96. The SMILES string of the molecule is CC(=O)c1ccc(-c2ccc(C=C3SC(=S)N(Nc4ccccc4C(=O)O)C3=O)o2)cc1. The van der Waals surface area contributed by atoms with Crippen molar-refractivity contribution in [1.82, 2.24) is 5.01 Å². The van der Waals surface area contributed by atoms with Crippen molar-refractivity contribution in [3.8, 4) is 11.3 Å². The van der Waals surface area contributed by atoms with Crippen LogP contribution in [0.3, 0.4) is 0 Å². The molecule has 0 spiro atoms. The maximum absolute atomic E-state index is 12.8. The lowest BCUT2D eigenvalue weighted by atomic mass is 10.1. The number of hydrazine groups is 1. The summed E-state index contributed by atoms with van der Waals surface area (Å²) in [5.41, 5.74) is 4.49. The third kappa shape index (κ3) is 4.34. The number of ketones is 1. The Balaban J connectivity index is 1.54. The molecule has 0 atom stereocenters. The molecule has 1 fully saturated rings. The van der Waals surface area contributed by atoms with Gasteiger partial charge in [-0.15, -0.1) is 0 Å². The molecule has 1 aromatic heterocycles. The van der Waals surface area contributed by atoms with E-state index in [9.17, 15) is 19.5 Å². The fourth-order valence-corrected chi connectivity index (χ4v) is 4.20. The smallest absolute Gasteiger partial charge is 0.337 e. The Morgan fingerprint density at radius 3 is 2.50 bits per heavy atom. The van der Waals surface area contributed by atoms with Gasteiger partial charge in [-0.1, -0.05) is 48.2 Å². The molecular weight excluding hydrogens is 448 g/mol. The number of hydrogen-bond acceptors (Lipinski definition) is 7. The minimum Gasteiger partial charge on any atom is -0.478 e. The van der Waals surface area contributed by atoms with Gasteiger partial charge >= 0.3 is 5.97 Å². The Morgan fingerprint density at radius 2 is 1.81 bits per heavy atom. The first-order valence-electron chi connectivity index (χ1n) is 9.41. The summed E-state index contributed by atoms with van der Waals surface area (Å²) in [5.74, 6) is -0.492. The van der Waals surface area contributed by atoms with Crippen LogP contribution in [-0.4, -0.2) is 32.1 Å². The molecule has 1 aliphatic heterocycles. The topological polar surface area (TPSA) is 99.9 Å². The minimum atomic E-state index is -1.12. The van der Waals surface area contributed by atoms with Crippen molar-refractivity contribution in [2.24, 2.45) is 0 Å². The van der Waals surface area contributed by atoms with Crippen molar-refractivity contribution in [2.75, 3.05) is 5.43 Å². The van der Waals surface area contributed by atoms with Gasteiger partial charge in [0.15, 0.2) is 10.1 Å². The maximum Gasteiger partial charge on any atom is 0.337 e. The van der Waals surface area contributed by atoms with Crippen LogP contribution in [-0.2, 0) is 4.79 Å². The summed E-state index contributed by atoms with van der Waals surface area (Å²) in [4.78, 5) is 36.0. The monoisotopic (exact) mass is 464 g/mol. The van der Waals surface area contributed by atoms with Crippen molar-refractivity contribution in [3.05, 3.63) is 82.5 Å². The van der Waals surface area contributed by atoms with Gasteiger partial charge in [0.25, 0.3) is 5.91 Å². The summed E-state index contributed by atoms with van der Waals surface area (Å²) in [7, 11) is 0. The van der Waals surface area contributed by atoms with Gasteiger partial charge in [0.1, 0.15) is 11.5 Å². The van der Waals surface area contributed by atoms with Crippen LogP contribution in [0, 0.1) is 0 Å². The number of thiocarbonyl (C=S) groups is 1. The number of carboxylic acid groups (broad SMARTS) is 1. The Bertz CT molecular complexity index is 1280. The van der Waals surface area contributed by atoms with E-state index in [1.807, 2.05) is 0 Å². The molecule has 0 radical (unpaired) electrons. The first kappa shape index (κ1) is 21.5. The Morgan fingerprint density at radius 1 is 1.09 bits per heavy atom. The number of hydrogen-bond donors (Lipinski definition) is 2. The number of carboxylic acids is 1. The number of nitrogens with one attached hydrogen (secondary N) is 1. The first-order chi connectivity index (χ1) is 15.3. The minimum absolute atomic E-state index is 0.0155. The number of aromatic carboxylic acids is 1.